The predicted molar refractivity (Wildman–Crippen MR) is 66.8 cm³/mol. The van der Waals surface area contributed by atoms with Crippen molar-refractivity contribution in [2.75, 3.05) is 0 Å². The zero-order valence-corrected chi connectivity index (χ0v) is 9.83. The molecule has 0 saturated heterocycles. The second-order valence-electron chi connectivity index (χ2n) is 2.68. The van der Waals surface area contributed by atoms with Crippen LogP contribution in [0.15, 0.2) is 23.8 Å². The minimum atomic E-state index is 0.0357. The van der Waals surface area contributed by atoms with E-state index < -0.39 is 0 Å². The summed E-state index contributed by atoms with van der Waals surface area (Å²) in [6, 6.07) is 7.01. The van der Waals surface area contributed by atoms with Crippen molar-refractivity contribution in [1.82, 2.24) is 0 Å². The molecule has 0 amide bonds. The third-order valence-corrected chi connectivity index (χ3v) is 2.72. The van der Waals surface area contributed by atoms with Gasteiger partial charge in [0.2, 0.25) is 0 Å². The van der Waals surface area contributed by atoms with Crippen LogP contribution in [0.25, 0.3) is 6.08 Å². The molecule has 76 valence electrons. The van der Waals surface area contributed by atoms with Crippen LogP contribution in [0.5, 0.6) is 0 Å². The molecular weight excluding hydrogens is 251 g/mol. The number of nitriles is 1. The first-order valence-electron chi connectivity index (χ1n) is 3.92. The summed E-state index contributed by atoms with van der Waals surface area (Å²) in [6.07, 6.45) is 1.51. The zero-order valence-electron chi connectivity index (χ0n) is 7.50. The minimum absolute atomic E-state index is 0.0357. The van der Waals surface area contributed by atoms with E-state index in [1.165, 1.54) is 6.08 Å². The van der Waals surface area contributed by atoms with Crippen LogP contribution in [0.1, 0.15) is 5.56 Å². The summed E-state index contributed by atoms with van der Waals surface area (Å²) in [6.45, 7) is 0. The van der Waals surface area contributed by atoms with Gasteiger partial charge in [0.25, 0.3) is 0 Å². The van der Waals surface area contributed by atoms with E-state index in [-0.39, 0.29) is 10.6 Å². The molecule has 0 aliphatic heterocycles. The Balaban J connectivity index is 3.25. The van der Waals surface area contributed by atoms with Gasteiger partial charge in [0.05, 0.1) is 15.6 Å². The Morgan fingerprint density at radius 3 is 2.67 bits per heavy atom. The molecule has 0 aromatic heterocycles. The van der Waals surface area contributed by atoms with Crippen molar-refractivity contribution in [1.29, 1.82) is 5.26 Å². The van der Waals surface area contributed by atoms with E-state index in [0.717, 1.165) is 0 Å². The molecule has 0 aliphatic rings. The highest BCUT2D eigenvalue weighted by Crippen LogP contribution is 2.27. The van der Waals surface area contributed by atoms with Gasteiger partial charge < -0.3 is 5.73 Å². The van der Waals surface area contributed by atoms with Crippen molar-refractivity contribution >= 4 is 46.5 Å². The summed E-state index contributed by atoms with van der Waals surface area (Å²) in [4.78, 5) is 0.0357. The van der Waals surface area contributed by atoms with Crippen LogP contribution >= 0.6 is 35.4 Å². The predicted octanol–water partition coefficient (Wildman–Crippen LogP) is 3.19. The van der Waals surface area contributed by atoms with Crippen molar-refractivity contribution in [2.45, 2.75) is 0 Å². The van der Waals surface area contributed by atoms with E-state index in [1.807, 2.05) is 6.07 Å². The van der Waals surface area contributed by atoms with E-state index in [1.54, 1.807) is 18.2 Å². The molecule has 0 radical (unpaired) electrons. The SMILES string of the molecule is N#C/C(=C\c1cccc(Cl)c1Cl)C(N)=S. The van der Waals surface area contributed by atoms with Crippen LogP contribution in [0.3, 0.4) is 0 Å². The molecule has 15 heavy (non-hydrogen) atoms. The summed E-state index contributed by atoms with van der Waals surface area (Å²) in [5.41, 5.74) is 6.17. The van der Waals surface area contributed by atoms with E-state index in [2.05, 4.69) is 0 Å². The molecule has 0 bridgehead atoms. The van der Waals surface area contributed by atoms with Gasteiger partial charge in [-0.15, -0.1) is 0 Å². The molecule has 1 rings (SSSR count). The van der Waals surface area contributed by atoms with Crippen molar-refractivity contribution in [3.05, 3.63) is 39.4 Å². The van der Waals surface area contributed by atoms with Gasteiger partial charge in [0, 0.05) is 0 Å². The van der Waals surface area contributed by atoms with Gasteiger partial charge in [0.1, 0.15) is 11.1 Å². The van der Waals surface area contributed by atoms with Gasteiger partial charge >= 0.3 is 0 Å². The molecule has 0 heterocycles. The first-order valence-corrected chi connectivity index (χ1v) is 5.08. The Bertz CT molecular complexity index is 475. The average molecular weight is 257 g/mol. The molecule has 0 spiro atoms. The zero-order chi connectivity index (χ0) is 11.4. The average Bonchev–Trinajstić information content (AvgIpc) is 2.19. The highest BCUT2D eigenvalue weighted by Gasteiger charge is 2.05. The minimum Gasteiger partial charge on any atom is -0.389 e. The van der Waals surface area contributed by atoms with Gasteiger partial charge in [0.15, 0.2) is 0 Å². The van der Waals surface area contributed by atoms with Crippen LogP contribution < -0.4 is 5.73 Å². The van der Waals surface area contributed by atoms with Crippen LogP contribution in [-0.2, 0) is 0 Å². The maximum absolute atomic E-state index is 8.76. The largest absolute Gasteiger partial charge is 0.389 e. The van der Waals surface area contributed by atoms with Gasteiger partial charge in [-0.3, -0.25) is 0 Å². The number of hydrogen-bond acceptors (Lipinski definition) is 2. The third-order valence-electron chi connectivity index (χ3n) is 1.67. The molecule has 2 N–H and O–H groups in total. The molecule has 1 aromatic carbocycles. The number of halogens is 2. The fraction of sp³-hybridized carbons (Fsp3) is 0. The van der Waals surface area contributed by atoms with Crippen molar-refractivity contribution in [3.8, 4) is 6.07 Å². The molecule has 0 atom stereocenters. The lowest BCUT2D eigenvalue weighted by Crippen LogP contribution is -2.09. The summed E-state index contributed by atoms with van der Waals surface area (Å²) in [7, 11) is 0. The Morgan fingerprint density at radius 2 is 2.13 bits per heavy atom. The van der Waals surface area contributed by atoms with Crippen molar-refractivity contribution in [2.24, 2.45) is 5.73 Å². The lowest BCUT2D eigenvalue weighted by Gasteiger charge is -2.01. The summed E-state index contributed by atoms with van der Waals surface area (Å²) in [5, 5.41) is 9.56. The fourth-order valence-electron chi connectivity index (χ4n) is 0.946. The Kier molecular flexibility index (Phi) is 4.10. The lowest BCUT2D eigenvalue weighted by atomic mass is 10.1. The van der Waals surface area contributed by atoms with Crippen molar-refractivity contribution < 1.29 is 0 Å². The quantitative estimate of drug-likeness (QED) is 0.503. The normalized spacial score (nSPS) is 10.9. The Hall–Kier alpha value is -1.08. The highest BCUT2D eigenvalue weighted by molar-refractivity contribution is 7.80. The number of nitrogens with zero attached hydrogens (tertiary/aromatic N) is 1. The van der Waals surface area contributed by atoms with Gasteiger partial charge in [-0.2, -0.15) is 5.26 Å². The molecule has 0 fully saturated rings. The van der Waals surface area contributed by atoms with E-state index >= 15 is 0 Å². The molecule has 0 unspecified atom stereocenters. The highest BCUT2D eigenvalue weighted by atomic mass is 35.5. The van der Waals surface area contributed by atoms with Crippen LogP contribution in [-0.4, -0.2) is 4.99 Å². The Morgan fingerprint density at radius 1 is 1.47 bits per heavy atom. The van der Waals surface area contributed by atoms with Crippen molar-refractivity contribution in [3.63, 3.8) is 0 Å². The fourth-order valence-corrected chi connectivity index (χ4v) is 1.41. The maximum atomic E-state index is 8.76. The first-order chi connectivity index (χ1) is 7.06. The molecule has 0 saturated carbocycles. The standard InChI is InChI=1S/C10H6Cl2N2S/c11-8-3-1-2-6(9(8)12)4-7(5-13)10(14)15/h1-4H,(H2,14,15)/b7-4+. The number of thiocarbonyl (C=S) groups is 1. The van der Waals surface area contributed by atoms with Gasteiger partial charge in [-0.1, -0.05) is 47.6 Å². The molecular formula is C10H6Cl2N2S. The molecule has 5 heteroatoms. The Labute approximate surface area is 103 Å². The topological polar surface area (TPSA) is 49.8 Å². The molecule has 2 nitrogen and oxygen atoms in total. The number of benzene rings is 1. The summed E-state index contributed by atoms with van der Waals surface area (Å²) in [5.74, 6) is 0. The first kappa shape index (κ1) is 12.0. The summed E-state index contributed by atoms with van der Waals surface area (Å²) < 4.78 is 0. The van der Waals surface area contributed by atoms with Gasteiger partial charge in [-0.05, 0) is 17.7 Å². The number of rotatable bonds is 2. The second kappa shape index (κ2) is 5.13. The lowest BCUT2D eigenvalue weighted by molar-refractivity contribution is 1.51. The van der Waals surface area contributed by atoms with E-state index in [9.17, 15) is 0 Å². The van der Waals surface area contributed by atoms with E-state index in [4.69, 9.17) is 46.4 Å². The summed E-state index contributed by atoms with van der Waals surface area (Å²) >= 11 is 16.4. The number of nitrogens with two attached hydrogens (primary N) is 1. The monoisotopic (exact) mass is 256 g/mol. The molecule has 0 aliphatic carbocycles. The van der Waals surface area contributed by atoms with E-state index in [0.29, 0.717) is 15.6 Å². The van der Waals surface area contributed by atoms with Crippen LogP contribution in [0.4, 0.5) is 0 Å². The number of hydrogen-bond donors (Lipinski definition) is 1. The smallest absolute Gasteiger partial charge is 0.114 e. The third kappa shape index (κ3) is 2.93. The molecule has 1 aromatic rings. The van der Waals surface area contributed by atoms with Gasteiger partial charge in [-0.25, -0.2) is 0 Å². The maximum Gasteiger partial charge on any atom is 0.114 e. The van der Waals surface area contributed by atoms with Crippen LogP contribution in [0, 0.1) is 11.3 Å². The second-order valence-corrected chi connectivity index (χ2v) is 3.90. The van der Waals surface area contributed by atoms with Crippen LogP contribution in [0.2, 0.25) is 10.0 Å².